The summed E-state index contributed by atoms with van der Waals surface area (Å²) in [7, 11) is 1.74. The quantitative estimate of drug-likeness (QED) is 0.810. The maximum Gasteiger partial charge on any atom is 0.101 e. The number of nitrogens with zero attached hydrogens (tertiary/aromatic N) is 2. The van der Waals surface area contributed by atoms with Crippen LogP contribution in [0.15, 0.2) is 18.2 Å². The van der Waals surface area contributed by atoms with Crippen LogP contribution >= 0.6 is 11.6 Å². The average molecular weight is 251 g/mol. The number of ether oxygens (including phenoxy) is 1. The van der Waals surface area contributed by atoms with Gasteiger partial charge in [-0.1, -0.05) is 11.6 Å². The lowest BCUT2D eigenvalue weighted by Gasteiger charge is -2.34. The maximum absolute atomic E-state index is 9.13. The Morgan fingerprint density at radius 1 is 1.53 bits per heavy atom. The number of piperidine rings is 1. The molecule has 90 valence electrons. The molecule has 0 aromatic heterocycles. The highest BCUT2D eigenvalue weighted by molar-refractivity contribution is 6.30. The van der Waals surface area contributed by atoms with Gasteiger partial charge in [-0.15, -0.1) is 0 Å². The molecule has 2 rings (SSSR count). The molecule has 17 heavy (non-hydrogen) atoms. The molecular weight excluding hydrogens is 236 g/mol. The van der Waals surface area contributed by atoms with Gasteiger partial charge in [0.2, 0.25) is 0 Å². The van der Waals surface area contributed by atoms with Crippen LogP contribution in [-0.4, -0.2) is 26.3 Å². The number of nitriles is 1. The number of rotatable bonds is 2. The fourth-order valence-corrected chi connectivity index (χ4v) is 2.40. The van der Waals surface area contributed by atoms with Crippen molar-refractivity contribution in [1.29, 1.82) is 5.26 Å². The van der Waals surface area contributed by atoms with Crippen LogP contribution in [0.1, 0.15) is 18.4 Å². The van der Waals surface area contributed by atoms with Crippen LogP contribution in [0.25, 0.3) is 0 Å². The van der Waals surface area contributed by atoms with Crippen LogP contribution in [0.5, 0.6) is 0 Å². The first kappa shape index (κ1) is 12.2. The van der Waals surface area contributed by atoms with Gasteiger partial charge in [-0.3, -0.25) is 0 Å². The van der Waals surface area contributed by atoms with Crippen molar-refractivity contribution in [3.05, 3.63) is 28.8 Å². The zero-order chi connectivity index (χ0) is 12.3. The van der Waals surface area contributed by atoms with E-state index in [1.54, 1.807) is 13.2 Å². The van der Waals surface area contributed by atoms with Crippen LogP contribution < -0.4 is 4.90 Å². The van der Waals surface area contributed by atoms with Crippen molar-refractivity contribution in [2.45, 2.75) is 18.9 Å². The minimum Gasteiger partial charge on any atom is -0.380 e. The highest BCUT2D eigenvalue weighted by atomic mass is 35.5. The molecule has 1 unspecified atom stereocenters. The fraction of sp³-hybridized carbons (Fsp3) is 0.462. The molecule has 1 aromatic rings. The van der Waals surface area contributed by atoms with E-state index in [1.807, 2.05) is 12.1 Å². The van der Waals surface area contributed by atoms with E-state index in [0.29, 0.717) is 10.6 Å². The Kier molecular flexibility index (Phi) is 3.88. The molecule has 0 spiro atoms. The third kappa shape index (κ3) is 2.71. The monoisotopic (exact) mass is 250 g/mol. The summed E-state index contributed by atoms with van der Waals surface area (Å²) in [6, 6.07) is 7.66. The molecule has 0 radical (unpaired) electrons. The molecule has 0 amide bonds. The summed E-state index contributed by atoms with van der Waals surface area (Å²) in [6.45, 7) is 1.81. The summed E-state index contributed by atoms with van der Waals surface area (Å²) in [5.41, 5.74) is 1.59. The molecule has 1 heterocycles. The maximum atomic E-state index is 9.13. The van der Waals surface area contributed by atoms with Gasteiger partial charge < -0.3 is 9.64 Å². The van der Waals surface area contributed by atoms with Crippen molar-refractivity contribution in [3.8, 4) is 6.07 Å². The van der Waals surface area contributed by atoms with Crippen molar-refractivity contribution < 1.29 is 4.74 Å². The van der Waals surface area contributed by atoms with Gasteiger partial charge >= 0.3 is 0 Å². The highest BCUT2D eigenvalue weighted by Crippen LogP contribution is 2.27. The minimum atomic E-state index is 0.256. The zero-order valence-electron chi connectivity index (χ0n) is 9.82. The topological polar surface area (TPSA) is 36.3 Å². The van der Waals surface area contributed by atoms with Gasteiger partial charge in [-0.25, -0.2) is 0 Å². The van der Waals surface area contributed by atoms with Crippen molar-refractivity contribution in [3.63, 3.8) is 0 Å². The molecule has 1 aromatic carbocycles. The summed E-state index contributed by atoms with van der Waals surface area (Å²) in [5.74, 6) is 0. The third-order valence-corrected chi connectivity index (χ3v) is 3.37. The number of methoxy groups -OCH3 is 1. The lowest BCUT2D eigenvalue weighted by atomic mass is 10.1. The van der Waals surface area contributed by atoms with Crippen molar-refractivity contribution in [1.82, 2.24) is 0 Å². The van der Waals surface area contributed by atoms with Crippen LogP contribution in [-0.2, 0) is 4.74 Å². The summed E-state index contributed by atoms with van der Waals surface area (Å²) in [6.07, 6.45) is 2.43. The SMILES string of the molecule is COC1CCCN(c2ccc(Cl)cc2C#N)C1. The van der Waals surface area contributed by atoms with E-state index in [0.717, 1.165) is 31.6 Å². The second-order valence-corrected chi connectivity index (χ2v) is 4.66. The molecule has 1 aliphatic rings. The second-order valence-electron chi connectivity index (χ2n) is 4.22. The molecule has 3 nitrogen and oxygen atoms in total. The molecular formula is C13H15ClN2O. The third-order valence-electron chi connectivity index (χ3n) is 3.13. The van der Waals surface area contributed by atoms with E-state index in [9.17, 15) is 0 Å². The summed E-state index contributed by atoms with van der Waals surface area (Å²) in [4.78, 5) is 2.20. The number of hydrogen-bond donors (Lipinski definition) is 0. The molecule has 1 saturated heterocycles. The van der Waals surface area contributed by atoms with E-state index >= 15 is 0 Å². The standard InChI is InChI=1S/C13H15ClN2O/c1-17-12-3-2-6-16(9-12)13-5-4-11(14)7-10(13)8-15/h4-5,7,12H,2-3,6,9H2,1H3. The van der Waals surface area contributed by atoms with E-state index in [1.165, 1.54) is 0 Å². The average Bonchev–Trinajstić information content (AvgIpc) is 2.38. The normalized spacial score (nSPS) is 20.1. The fourth-order valence-electron chi connectivity index (χ4n) is 2.22. The molecule has 0 N–H and O–H groups in total. The van der Waals surface area contributed by atoms with Gasteiger partial charge in [0.25, 0.3) is 0 Å². The Labute approximate surface area is 107 Å². The van der Waals surface area contributed by atoms with Crippen molar-refractivity contribution in [2.75, 3.05) is 25.1 Å². The van der Waals surface area contributed by atoms with Gasteiger partial charge in [0, 0.05) is 25.2 Å². The van der Waals surface area contributed by atoms with Crippen molar-refractivity contribution in [2.24, 2.45) is 0 Å². The van der Waals surface area contributed by atoms with Crippen molar-refractivity contribution >= 4 is 17.3 Å². The lowest BCUT2D eigenvalue weighted by Crippen LogP contribution is -2.39. The van der Waals surface area contributed by atoms with Gasteiger partial charge in [0.1, 0.15) is 6.07 Å². The Morgan fingerprint density at radius 3 is 3.06 bits per heavy atom. The number of hydrogen-bond acceptors (Lipinski definition) is 3. The predicted octanol–water partition coefficient (Wildman–Crippen LogP) is 2.83. The molecule has 4 heteroatoms. The smallest absolute Gasteiger partial charge is 0.101 e. The molecule has 0 bridgehead atoms. The summed E-state index contributed by atoms with van der Waals surface area (Å²) in [5, 5.41) is 9.73. The molecule has 0 aliphatic carbocycles. The minimum absolute atomic E-state index is 0.256. The largest absolute Gasteiger partial charge is 0.380 e. The van der Waals surface area contributed by atoms with Gasteiger partial charge in [0.15, 0.2) is 0 Å². The van der Waals surface area contributed by atoms with Gasteiger partial charge in [-0.2, -0.15) is 5.26 Å². The van der Waals surface area contributed by atoms with Crippen LogP contribution in [0.3, 0.4) is 0 Å². The second kappa shape index (κ2) is 5.39. The van der Waals surface area contributed by atoms with Crippen LogP contribution in [0.2, 0.25) is 5.02 Å². The zero-order valence-corrected chi connectivity index (χ0v) is 10.6. The molecule has 1 atom stereocenters. The van der Waals surface area contributed by atoms with E-state index in [2.05, 4.69) is 11.0 Å². The van der Waals surface area contributed by atoms with Gasteiger partial charge in [0.05, 0.1) is 17.4 Å². The predicted molar refractivity (Wildman–Crippen MR) is 68.4 cm³/mol. The number of anilines is 1. The number of benzene rings is 1. The van der Waals surface area contributed by atoms with E-state index in [4.69, 9.17) is 21.6 Å². The Balaban J connectivity index is 2.24. The molecule has 1 fully saturated rings. The molecule has 0 saturated carbocycles. The first-order valence-corrected chi connectivity index (χ1v) is 6.10. The van der Waals surface area contributed by atoms with Crippen LogP contribution in [0.4, 0.5) is 5.69 Å². The Morgan fingerprint density at radius 2 is 2.35 bits per heavy atom. The van der Waals surface area contributed by atoms with E-state index < -0.39 is 0 Å². The first-order chi connectivity index (χ1) is 8.24. The van der Waals surface area contributed by atoms with E-state index in [-0.39, 0.29) is 6.10 Å². The van der Waals surface area contributed by atoms with Gasteiger partial charge in [-0.05, 0) is 31.0 Å². The van der Waals surface area contributed by atoms with Crippen LogP contribution in [0, 0.1) is 11.3 Å². The summed E-state index contributed by atoms with van der Waals surface area (Å²) >= 11 is 5.90. The lowest BCUT2D eigenvalue weighted by molar-refractivity contribution is 0.0893. The summed E-state index contributed by atoms with van der Waals surface area (Å²) < 4.78 is 5.39. The highest BCUT2D eigenvalue weighted by Gasteiger charge is 2.21. The Bertz CT molecular complexity index is 442. The Hall–Kier alpha value is -1.24. The first-order valence-electron chi connectivity index (χ1n) is 5.72. The molecule has 1 aliphatic heterocycles. The number of halogens is 1.